The van der Waals surface area contributed by atoms with Crippen molar-refractivity contribution < 1.29 is 0 Å². The van der Waals surface area contributed by atoms with Gasteiger partial charge in [-0.15, -0.1) is 11.6 Å². The van der Waals surface area contributed by atoms with Crippen molar-refractivity contribution in [2.45, 2.75) is 19.2 Å². The Labute approximate surface area is 65.0 Å². The molecule has 1 aromatic rings. The molecule has 56 valence electrons. The highest BCUT2D eigenvalue weighted by molar-refractivity contribution is 6.20. The summed E-state index contributed by atoms with van der Waals surface area (Å²) in [6, 6.07) is 0. The molecule has 0 saturated carbocycles. The van der Waals surface area contributed by atoms with Gasteiger partial charge in [0.2, 0.25) is 0 Å². The van der Waals surface area contributed by atoms with Gasteiger partial charge in [0.15, 0.2) is 0 Å². The van der Waals surface area contributed by atoms with E-state index in [1.54, 1.807) is 4.68 Å². The van der Waals surface area contributed by atoms with Crippen molar-refractivity contribution in [1.82, 2.24) is 14.8 Å². The zero-order valence-electron chi connectivity index (χ0n) is 6.30. The van der Waals surface area contributed by atoms with Crippen LogP contribution in [0.4, 0.5) is 0 Å². The zero-order chi connectivity index (χ0) is 7.72. The maximum absolute atomic E-state index is 5.80. The summed E-state index contributed by atoms with van der Waals surface area (Å²) in [7, 11) is 1.84. The summed E-state index contributed by atoms with van der Waals surface area (Å²) in [6.45, 7) is 3.73. The molecule has 3 nitrogen and oxygen atoms in total. The van der Waals surface area contributed by atoms with Gasteiger partial charge in [-0.1, -0.05) is 0 Å². The first kappa shape index (κ1) is 7.54. The first-order valence-electron chi connectivity index (χ1n) is 3.13. The van der Waals surface area contributed by atoms with Crippen LogP contribution in [0, 0.1) is 6.92 Å². The Hall–Kier alpha value is -0.570. The van der Waals surface area contributed by atoms with E-state index >= 15 is 0 Å². The van der Waals surface area contributed by atoms with E-state index in [4.69, 9.17) is 11.6 Å². The number of hydrogen-bond acceptors (Lipinski definition) is 2. The topological polar surface area (TPSA) is 30.7 Å². The summed E-state index contributed by atoms with van der Waals surface area (Å²) in [5.41, 5.74) is 0. The first-order chi connectivity index (χ1) is 4.61. The molecule has 0 aromatic carbocycles. The van der Waals surface area contributed by atoms with E-state index in [0.717, 1.165) is 11.6 Å². The Morgan fingerprint density at radius 2 is 2.20 bits per heavy atom. The molecule has 0 fully saturated rings. The molecule has 0 N–H and O–H groups in total. The highest BCUT2D eigenvalue weighted by Crippen LogP contribution is 2.15. The molecular weight excluding hydrogens is 150 g/mol. The molecule has 10 heavy (non-hydrogen) atoms. The predicted octanol–water partition coefficient (Wildman–Crippen LogP) is 1.42. The van der Waals surface area contributed by atoms with Crippen LogP contribution >= 0.6 is 11.6 Å². The third-order valence-corrected chi connectivity index (χ3v) is 1.45. The summed E-state index contributed by atoms with van der Waals surface area (Å²) in [5.74, 6) is 1.59. The lowest BCUT2D eigenvalue weighted by molar-refractivity contribution is 0.697. The van der Waals surface area contributed by atoms with Crippen molar-refractivity contribution in [2.24, 2.45) is 7.05 Å². The van der Waals surface area contributed by atoms with Crippen LogP contribution < -0.4 is 0 Å². The number of aryl methyl sites for hydroxylation is 2. The Balaban J connectivity index is 3.03. The minimum atomic E-state index is -0.0637. The zero-order valence-corrected chi connectivity index (χ0v) is 7.05. The second kappa shape index (κ2) is 2.58. The van der Waals surface area contributed by atoms with E-state index in [1.807, 2.05) is 20.9 Å². The van der Waals surface area contributed by atoms with Crippen molar-refractivity contribution in [3.8, 4) is 0 Å². The van der Waals surface area contributed by atoms with Gasteiger partial charge in [-0.3, -0.25) is 4.68 Å². The fraction of sp³-hybridized carbons (Fsp3) is 0.667. The van der Waals surface area contributed by atoms with Crippen LogP contribution in [0.1, 0.15) is 23.9 Å². The summed E-state index contributed by atoms with van der Waals surface area (Å²) < 4.78 is 1.70. The monoisotopic (exact) mass is 159 g/mol. The van der Waals surface area contributed by atoms with Gasteiger partial charge in [-0.25, -0.2) is 4.98 Å². The largest absolute Gasteiger partial charge is 0.251 e. The molecule has 0 aliphatic carbocycles. The third-order valence-electron chi connectivity index (χ3n) is 1.26. The smallest absolute Gasteiger partial charge is 0.147 e. The van der Waals surface area contributed by atoms with Gasteiger partial charge in [0.25, 0.3) is 0 Å². The second-order valence-electron chi connectivity index (χ2n) is 2.26. The molecule has 1 rings (SSSR count). The molecule has 0 saturated heterocycles. The van der Waals surface area contributed by atoms with E-state index in [2.05, 4.69) is 10.1 Å². The van der Waals surface area contributed by atoms with Crippen LogP contribution in [0.3, 0.4) is 0 Å². The van der Waals surface area contributed by atoms with Crippen molar-refractivity contribution in [3.05, 3.63) is 11.6 Å². The van der Waals surface area contributed by atoms with Crippen LogP contribution in [0.5, 0.6) is 0 Å². The Bertz CT molecular complexity index is 229. The quantitative estimate of drug-likeness (QED) is 0.581. The SMILES string of the molecule is Cc1nc(C(C)Cl)n(C)n1. The lowest BCUT2D eigenvalue weighted by Gasteiger charge is -1.98. The molecule has 1 atom stereocenters. The van der Waals surface area contributed by atoms with Crippen LogP contribution in [0.25, 0.3) is 0 Å². The van der Waals surface area contributed by atoms with Gasteiger partial charge in [-0.2, -0.15) is 5.10 Å². The lowest BCUT2D eigenvalue weighted by atomic mass is 10.4. The van der Waals surface area contributed by atoms with Gasteiger partial charge < -0.3 is 0 Å². The Morgan fingerprint density at radius 3 is 2.40 bits per heavy atom. The average molecular weight is 160 g/mol. The van der Waals surface area contributed by atoms with Crippen LogP contribution in [0.2, 0.25) is 0 Å². The third kappa shape index (κ3) is 1.29. The predicted molar refractivity (Wildman–Crippen MR) is 40.0 cm³/mol. The van der Waals surface area contributed by atoms with Crippen LogP contribution in [-0.4, -0.2) is 14.8 Å². The molecule has 4 heteroatoms. The van der Waals surface area contributed by atoms with Crippen molar-refractivity contribution >= 4 is 11.6 Å². The fourth-order valence-electron chi connectivity index (χ4n) is 0.875. The van der Waals surface area contributed by atoms with E-state index in [1.165, 1.54) is 0 Å². The number of halogens is 1. The van der Waals surface area contributed by atoms with Crippen LogP contribution in [-0.2, 0) is 7.05 Å². The van der Waals surface area contributed by atoms with Gasteiger partial charge in [-0.05, 0) is 13.8 Å². The van der Waals surface area contributed by atoms with E-state index in [0.29, 0.717) is 0 Å². The lowest BCUT2D eigenvalue weighted by Crippen LogP contribution is -1.99. The fourth-order valence-corrected chi connectivity index (χ4v) is 1.07. The molecule has 0 bridgehead atoms. The summed E-state index contributed by atoms with van der Waals surface area (Å²) in [5, 5.41) is 3.99. The molecule has 0 amide bonds. The van der Waals surface area contributed by atoms with Gasteiger partial charge >= 0.3 is 0 Å². The molecule has 1 aromatic heterocycles. The van der Waals surface area contributed by atoms with Crippen molar-refractivity contribution in [3.63, 3.8) is 0 Å². The number of rotatable bonds is 1. The van der Waals surface area contributed by atoms with E-state index in [-0.39, 0.29) is 5.38 Å². The van der Waals surface area contributed by atoms with Gasteiger partial charge in [0.05, 0.1) is 5.38 Å². The minimum Gasteiger partial charge on any atom is -0.251 e. The second-order valence-corrected chi connectivity index (χ2v) is 2.91. The van der Waals surface area contributed by atoms with Crippen LogP contribution in [0.15, 0.2) is 0 Å². The summed E-state index contributed by atoms with van der Waals surface area (Å²) in [4.78, 5) is 4.13. The van der Waals surface area contributed by atoms with Gasteiger partial charge in [0, 0.05) is 7.05 Å². The maximum atomic E-state index is 5.80. The number of aromatic nitrogens is 3. The maximum Gasteiger partial charge on any atom is 0.147 e. The Morgan fingerprint density at radius 1 is 1.60 bits per heavy atom. The van der Waals surface area contributed by atoms with Gasteiger partial charge in [0.1, 0.15) is 11.6 Å². The summed E-state index contributed by atoms with van der Waals surface area (Å²) >= 11 is 5.80. The Kier molecular flexibility index (Phi) is 1.94. The molecular formula is C6H10ClN3. The molecule has 0 radical (unpaired) electrons. The molecule has 0 aliphatic heterocycles. The number of alkyl halides is 1. The normalized spacial score (nSPS) is 13.6. The summed E-state index contributed by atoms with van der Waals surface area (Å²) in [6.07, 6.45) is 0. The number of nitrogens with zero attached hydrogens (tertiary/aromatic N) is 3. The minimum absolute atomic E-state index is 0.0637. The average Bonchev–Trinajstić information content (AvgIpc) is 2.10. The number of hydrogen-bond donors (Lipinski definition) is 0. The van der Waals surface area contributed by atoms with Crippen molar-refractivity contribution in [1.29, 1.82) is 0 Å². The van der Waals surface area contributed by atoms with Crippen molar-refractivity contribution in [2.75, 3.05) is 0 Å². The molecule has 1 unspecified atom stereocenters. The van der Waals surface area contributed by atoms with E-state index in [9.17, 15) is 0 Å². The molecule has 0 aliphatic rings. The van der Waals surface area contributed by atoms with E-state index < -0.39 is 0 Å². The molecule has 0 spiro atoms. The standard InChI is InChI=1S/C6H10ClN3/c1-4(7)6-8-5(2)9-10(6)3/h4H,1-3H3. The highest BCUT2D eigenvalue weighted by atomic mass is 35.5. The highest BCUT2D eigenvalue weighted by Gasteiger charge is 2.08. The molecule has 1 heterocycles. The first-order valence-corrected chi connectivity index (χ1v) is 3.56.